The number of carbonyl (C=O) groups excluding carboxylic acids is 2. The Morgan fingerprint density at radius 1 is 1.17 bits per heavy atom. The van der Waals surface area contributed by atoms with Crippen LogP contribution < -0.4 is 5.32 Å². The number of sulfone groups is 1. The van der Waals surface area contributed by atoms with Crippen LogP contribution in [0.4, 0.5) is 0 Å². The highest BCUT2D eigenvalue weighted by molar-refractivity contribution is 7.91. The van der Waals surface area contributed by atoms with Crippen LogP contribution in [-0.2, 0) is 32.3 Å². The second-order valence-electron chi connectivity index (χ2n) is 8.27. The van der Waals surface area contributed by atoms with Crippen LogP contribution in [0, 0.1) is 0 Å². The number of rotatable bonds is 4. The molecule has 2 unspecified atom stereocenters. The summed E-state index contributed by atoms with van der Waals surface area (Å²) in [5, 5.41) is 8.47. The van der Waals surface area contributed by atoms with Gasteiger partial charge in [-0.05, 0) is 55.7 Å². The zero-order valence-corrected chi connectivity index (χ0v) is 17.5. The highest BCUT2D eigenvalue weighted by Gasteiger charge is 2.37. The molecule has 156 valence electrons. The van der Waals surface area contributed by atoms with Crippen molar-refractivity contribution in [1.29, 1.82) is 0 Å². The minimum absolute atomic E-state index is 0.0634. The quantitative estimate of drug-likeness (QED) is 0.809. The van der Waals surface area contributed by atoms with Crippen LogP contribution >= 0.6 is 0 Å². The summed E-state index contributed by atoms with van der Waals surface area (Å²) in [5.41, 5.74) is 4.11. The average molecular weight is 418 g/mol. The van der Waals surface area contributed by atoms with Gasteiger partial charge in [0, 0.05) is 12.8 Å². The van der Waals surface area contributed by atoms with Crippen LogP contribution in [0.25, 0.3) is 0 Å². The van der Waals surface area contributed by atoms with E-state index in [0.717, 1.165) is 18.4 Å². The average Bonchev–Trinajstić information content (AvgIpc) is 3.07. The number of hydrogen-bond donors (Lipinski definition) is 1. The van der Waals surface area contributed by atoms with Crippen LogP contribution in [0.15, 0.2) is 23.3 Å². The van der Waals surface area contributed by atoms with Gasteiger partial charge in [-0.3, -0.25) is 9.59 Å². The smallest absolute Gasteiger partial charge is 0.267 e. The van der Waals surface area contributed by atoms with Crippen LogP contribution in [0.5, 0.6) is 0 Å². The second kappa shape index (κ2) is 7.89. The van der Waals surface area contributed by atoms with E-state index in [1.165, 1.54) is 29.0 Å². The Morgan fingerprint density at radius 3 is 2.66 bits per heavy atom. The van der Waals surface area contributed by atoms with Gasteiger partial charge in [0.15, 0.2) is 9.84 Å². The van der Waals surface area contributed by atoms with Gasteiger partial charge in [-0.25, -0.2) is 13.4 Å². The van der Waals surface area contributed by atoms with Crippen LogP contribution in [0.1, 0.15) is 61.8 Å². The van der Waals surface area contributed by atoms with E-state index in [9.17, 15) is 18.0 Å². The Bertz CT molecular complexity index is 970. The largest absolute Gasteiger partial charge is 0.344 e. The lowest BCUT2D eigenvalue weighted by molar-refractivity contribution is -0.133. The van der Waals surface area contributed by atoms with Gasteiger partial charge in [0.2, 0.25) is 5.91 Å². The summed E-state index contributed by atoms with van der Waals surface area (Å²) in [7, 11) is -3.13. The highest BCUT2D eigenvalue weighted by Crippen LogP contribution is 2.25. The standard InChI is InChI=1S/C21H27N3O4S/c1-14(16-7-6-15-4-2-3-5-17(15)12-16)22-21(26)19-8-9-20(25)24(23-19)18-10-11-29(27,28)13-18/h6-7,12,14,18H,2-5,8-11,13H2,1H3,(H,22,26). The molecule has 4 rings (SSSR count). The van der Waals surface area contributed by atoms with E-state index in [1.54, 1.807) is 0 Å². The van der Waals surface area contributed by atoms with Gasteiger partial charge in [-0.15, -0.1) is 0 Å². The Labute approximate surface area is 171 Å². The Hall–Kier alpha value is -2.22. The third kappa shape index (κ3) is 4.37. The van der Waals surface area contributed by atoms with Crippen molar-refractivity contribution in [2.75, 3.05) is 11.5 Å². The molecule has 1 aliphatic carbocycles. The zero-order chi connectivity index (χ0) is 20.6. The van der Waals surface area contributed by atoms with Crippen molar-refractivity contribution in [3.63, 3.8) is 0 Å². The number of carbonyl (C=O) groups is 2. The summed E-state index contributed by atoms with van der Waals surface area (Å²) in [6.45, 7) is 1.94. The lowest BCUT2D eigenvalue weighted by Crippen LogP contribution is -2.44. The molecule has 0 saturated carbocycles. The molecular weight excluding hydrogens is 390 g/mol. The third-order valence-corrected chi connectivity index (χ3v) is 7.85. The summed E-state index contributed by atoms with van der Waals surface area (Å²) in [6.07, 6.45) is 5.46. The monoisotopic (exact) mass is 417 g/mol. The van der Waals surface area contributed by atoms with Crippen LogP contribution in [0.3, 0.4) is 0 Å². The molecule has 7 nitrogen and oxygen atoms in total. The van der Waals surface area contributed by atoms with E-state index in [0.29, 0.717) is 12.1 Å². The summed E-state index contributed by atoms with van der Waals surface area (Å²) < 4.78 is 23.5. The molecule has 1 fully saturated rings. The van der Waals surface area contributed by atoms with Crippen molar-refractivity contribution in [1.82, 2.24) is 10.3 Å². The first-order valence-electron chi connectivity index (χ1n) is 10.3. The number of benzene rings is 1. The van der Waals surface area contributed by atoms with E-state index >= 15 is 0 Å². The molecule has 2 amide bonds. The Morgan fingerprint density at radius 2 is 1.93 bits per heavy atom. The molecule has 2 heterocycles. The molecule has 1 saturated heterocycles. The molecule has 0 spiro atoms. The van der Waals surface area contributed by atoms with Crippen LogP contribution in [-0.4, -0.2) is 48.5 Å². The first-order chi connectivity index (χ1) is 13.8. The van der Waals surface area contributed by atoms with Crippen molar-refractivity contribution in [2.24, 2.45) is 5.10 Å². The van der Waals surface area contributed by atoms with E-state index < -0.39 is 15.9 Å². The summed E-state index contributed by atoms with van der Waals surface area (Å²) in [4.78, 5) is 25.0. The van der Waals surface area contributed by atoms with Crippen molar-refractivity contribution < 1.29 is 18.0 Å². The lowest BCUT2D eigenvalue weighted by Gasteiger charge is -2.28. The first kappa shape index (κ1) is 20.1. The van der Waals surface area contributed by atoms with Crippen molar-refractivity contribution >= 4 is 27.4 Å². The SMILES string of the molecule is CC(NC(=O)C1=NN(C2CCS(=O)(=O)C2)C(=O)CC1)c1ccc2c(c1)CCCC2. The maximum Gasteiger partial charge on any atom is 0.267 e. The lowest BCUT2D eigenvalue weighted by atomic mass is 9.89. The van der Waals surface area contributed by atoms with Gasteiger partial charge in [-0.2, -0.15) is 5.10 Å². The van der Waals surface area contributed by atoms with Gasteiger partial charge >= 0.3 is 0 Å². The number of hydrazone groups is 1. The fourth-order valence-electron chi connectivity index (χ4n) is 4.37. The summed E-state index contributed by atoms with van der Waals surface area (Å²) >= 11 is 0. The van der Waals surface area contributed by atoms with Crippen molar-refractivity contribution in [3.05, 3.63) is 34.9 Å². The molecule has 3 aliphatic rings. The molecule has 2 aliphatic heterocycles. The number of hydrogen-bond acceptors (Lipinski definition) is 5. The predicted octanol–water partition coefficient (Wildman–Crippen LogP) is 1.91. The molecule has 1 aromatic rings. The van der Waals surface area contributed by atoms with E-state index in [2.05, 4.69) is 28.6 Å². The highest BCUT2D eigenvalue weighted by atomic mass is 32.2. The summed E-state index contributed by atoms with van der Waals surface area (Å²) in [5.74, 6) is -0.531. The fourth-order valence-corrected chi connectivity index (χ4v) is 6.07. The molecule has 0 bridgehead atoms. The fraction of sp³-hybridized carbons (Fsp3) is 0.571. The molecule has 2 atom stereocenters. The van der Waals surface area contributed by atoms with E-state index in [4.69, 9.17) is 0 Å². The first-order valence-corrected chi connectivity index (χ1v) is 12.2. The number of fused-ring (bicyclic) bond motifs is 1. The van der Waals surface area contributed by atoms with Crippen molar-refractivity contribution in [3.8, 4) is 0 Å². The normalized spacial score (nSPS) is 24.6. The third-order valence-electron chi connectivity index (χ3n) is 6.10. The number of amides is 2. The van der Waals surface area contributed by atoms with Gasteiger partial charge in [-0.1, -0.05) is 18.2 Å². The van der Waals surface area contributed by atoms with E-state index in [-0.39, 0.29) is 42.2 Å². The molecule has 1 N–H and O–H groups in total. The van der Waals surface area contributed by atoms with Crippen molar-refractivity contribution in [2.45, 2.75) is 64.0 Å². The van der Waals surface area contributed by atoms with Gasteiger partial charge in [0.1, 0.15) is 5.71 Å². The molecule has 8 heteroatoms. The van der Waals surface area contributed by atoms with Gasteiger partial charge < -0.3 is 5.32 Å². The van der Waals surface area contributed by atoms with Crippen LogP contribution in [0.2, 0.25) is 0 Å². The molecule has 0 radical (unpaired) electrons. The predicted molar refractivity (Wildman–Crippen MR) is 110 cm³/mol. The molecule has 1 aromatic carbocycles. The zero-order valence-electron chi connectivity index (χ0n) is 16.7. The maximum atomic E-state index is 12.8. The van der Waals surface area contributed by atoms with E-state index in [1.807, 2.05) is 6.92 Å². The molecule has 29 heavy (non-hydrogen) atoms. The minimum atomic E-state index is -3.13. The number of nitrogens with one attached hydrogen (secondary N) is 1. The molecule has 0 aromatic heterocycles. The topological polar surface area (TPSA) is 95.9 Å². The number of aryl methyl sites for hydroxylation is 2. The van der Waals surface area contributed by atoms with Gasteiger partial charge in [0.25, 0.3) is 5.91 Å². The maximum absolute atomic E-state index is 12.8. The minimum Gasteiger partial charge on any atom is -0.344 e. The molecular formula is C21H27N3O4S. The second-order valence-corrected chi connectivity index (χ2v) is 10.5. The Balaban J connectivity index is 1.46. The summed E-state index contributed by atoms with van der Waals surface area (Å²) in [6, 6.07) is 5.77. The Kier molecular flexibility index (Phi) is 5.46. The van der Waals surface area contributed by atoms with Gasteiger partial charge in [0.05, 0.1) is 23.6 Å². The number of nitrogens with zero attached hydrogens (tertiary/aromatic N) is 2.